The molecule has 0 atom stereocenters. The molecule has 1 aromatic rings. The highest BCUT2D eigenvalue weighted by atomic mass is 14.6. The topological polar surface area (TPSA) is 26.0 Å². The number of nitrogens with two attached hydrogens (primary N) is 1. The molecule has 0 amide bonds. The third-order valence-corrected chi connectivity index (χ3v) is 5.31. The Hall–Kier alpha value is -0.820. The second-order valence-electron chi connectivity index (χ2n) is 6.49. The smallest absolute Gasteiger partial charge is 0.00489 e. The second kappa shape index (κ2) is 4.70. The van der Waals surface area contributed by atoms with Gasteiger partial charge in [-0.3, -0.25) is 0 Å². The van der Waals surface area contributed by atoms with E-state index in [2.05, 4.69) is 25.1 Å². The second-order valence-corrected chi connectivity index (χ2v) is 6.49. The van der Waals surface area contributed by atoms with Crippen LogP contribution in [-0.2, 0) is 19.3 Å². The summed E-state index contributed by atoms with van der Waals surface area (Å²) in [5, 5.41) is 0. The van der Waals surface area contributed by atoms with Gasteiger partial charge in [-0.15, -0.1) is 0 Å². The van der Waals surface area contributed by atoms with Gasteiger partial charge in [0.2, 0.25) is 0 Å². The van der Waals surface area contributed by atoms with Crippen molar-refractivity contribution in [2.45, 2.75) is 51.9 Å². The average molecular weight is 243 g/mol. The molecule has 18 heavy (non-hydrogen) atoms. The molecule has 1 aromatic carbocycles. The van der Waals surface area contributed by atoms with Gasteiger partial charge in [-0.2, -0.15) is 0 Å². The Morgan fingerprint density at radius 3 is 2.56 bits per heavy atom. The van der Waals surface area contributed by atoms with Gasteiger partial charge in [0, 0.05) is 0 Å². The Balaban J connectivity index is 1.76. The maximum atomic E-state index is 5.81. The van der Waals surface area contributed by atoms with Gasteiger partial charge in [0.1, 0.15) is 0 Å². The van der Waals surface area contributed by atoms with Gasteiger partial charge >= 0.3 is 0 Å². The maximum absolute atomic E-state index is 5.81. The number of benzene rings is 1. The van der Waals surface area contributed by atoms with Crippen LogP contribution in [0.3, 0.4) is 0 Å². The van der Waals surface area contributed by atoms with Crippen molar-refractivity contribution in [1.82, 2.24) is 0 Å². The molecule has 1 heteroatoms. The zero-order valence-corrected chi connectivity index (χ0v) is 11.5. The predicted molar refractivity (Wildman–Crippen MR) is 76.7 cm³/mol. The highest BCUT2D eigenvalue weighted by Crippen LogP contribution is 2.48. The first-order valence-corrected chi connectivity index (χ1v) is 7.55. The Kier molecular flexibility index (Phi) is 3.19. The Morgan fingerprint density at radius 2 is 1.89 bits per heavy atom. The fourth-order valence-electron chi connectivity index (χ4n) is 3.99. The highest BCUT2D eigenvalue weighted by Gasteiger charge is 2.39. The zero-order chi connectivity index (χ0) is 12.6. The molecule has 2 N–H and O–H groups in total. The molecule has 0 heterocycles. The minimum Gasteiger partial charge on any atom is -0.330 e. The quantitative estimate of drug-likeness (QED) is 0.845. The van der Waals surface area contributed by atoms with Crippen molar-refractivity contribution >= 4 is 0 Å². The van der Waals surface area contributed by atoms with E-state index in [0.29, 0.717) is 5.41 Å². The monoisotopic (exact) mass is 243 g/mol. The number of aryl methyl sites for hydroxylation is 1. The largest absolute Gasteiger partial charge is 0.330 e. The molecule has 0 aromatic heterocycles. The molecule has 1 saturated carbocycles. The van der Waals surface area contributed by atoms with Crippen molar-refractivity contribution in [2.24, 2.45) is 17.1 Å². The van der Waals surface area contributed by atoms with Crippen LogP contribution in [0.15, 0.2) is 18.2 Å². The van der Waals surface area contributed by atoms with E-state index in [9.17, 15) is 0 Å². The summed E-state index contributed by atoms with van der Waals surface area (Å²) in [6.45, 7) is 3.14. The van der Waals surface area contributed by atoms with Gasteiger partial charge in [0.25, 0.3) is 0 Å². The first kappa shape index (κ1) is 12.2. The van der Waals surface area contributed by atoms with Gasteiger partial charge in [-0.25, -0.2) is 0 Å². The molecular weight excluding hydrogens is 218 g/mol. The molecule has 1 fully saturated rings. The van der Waals surface area contributed by atoms with Crippen LogP contribution in [0, 0.1) is 11.3 Å². The number of hydrogen-bond donors (Lipinski definition) is 1. The number of hydrogen-bond acceptors (Lipinski definition) is 1. The summed E-state index contributed by atoms with van der Waals surface area (Å²) >= 11 is 0. The first-order chi connectivity index (χ1) is 8.74. The molecular formula is C17H25N. The number of fused-ring (bicyclic) bond motifs is 1. The highest BCUT2D eigenvalue weighted by molar-refractivity contribution is 5.38. The third-order valence-electron chi connectivity index (χ3n) is 5.31. The fourth-order valence-corrected chi connectivity index (χ4v) is 3.99. The van der Waals surface area contributed by atoms with Crippen LogP contribution >= 0.6 is 0 Å². The zero-order valence-electron chi connectivity index (χ0n) is 11.5. The van der Waals surface area contributed by atoms with Gasteiger partial charge < -0.3 is 5.73 Å². The standard InChI is InChI=1S/C17H25N/c1-2-13-3-4-15-10-17(11-16(15)9-13)7-5-14(12-18)6-8-17/h3-4,9,14H,2,5-8,10-12,18H2,1H3. The third kappa shape index (κ3) is 2.09. The molecule has 0 radical (unpaired) electrons. The lowest BCUT2D eigenvalue weighted by atomic mass is 9.69. The van der Waals surface area contributed by atoms with Crippen molar-refractivity contribution in [3.8, 4) is 0 Å². The van der Waals surface area contributed by atoms with E-state index in [1.54, 1.807) is 11.1 Å². The van der Waals surface area contributed by atoms with E-state index in [1.807, 2.05) is 0 Å². The lowest BCUT2D eigenvalue weighted by Gasteiger charge is -2.37. The molecule has 2 aliphatic rings. The van der Waals surface area contributed by atoms with Crippen molar-refractivity contribution in [2.75, 3.05) is 6.54 Å². The van der Waals surface area contributed by atoms with Crippen LogP contribution in [0.1, 0.15) is 49.3 Å². The van der Waals surface area contributed by atoms with E-state index >= 15 is 0 Å². The van der Waals surface area contributed by atoms with Gasteiger partial charge in [-0.05, 0) is 79.5 Å². The summed E-state index contributed by atoms with van der Waals surface area (Å²) in [5.74, 6) is 0.797. The van der Waals surface area contributed by atoms with Crippen LogP contribution in [0.5, 0.6) is 0 Å². The summed E-state index contributed by atoms with van der Waals surface area (Å²) < 4.78 is 0. The minimum absolute atomic E-state index is 0.598. The van der Waals surface area contributed by atoms with E-state index in [0.717, 1.165) is 18.9 Å². The lowest BCUT2D eigenvalue weighted by molar-refractivity contribution is 0.162. The molecule has 0 saturated heterocycles. The van der Waals surface area contributed by atoms with Crippen molar-refractivity contribution in [1.29, 1.82) is 0 Å². The molecule has 2 aliphatic carbocycles. The SMILES string of the molecule is CCc1ccc2c(c1)CC1(CCC(CN)CC1)C2. The Morgan fingerprint density at radius 1 is 1.17 bits per heavy atom. The lowest BCUT2D eigenvalue weighted by Crippen LogP contribution is -2.30. The van der Waals surface area contributed by atoms with Crippen molar-refractivity contribution in [3.63, 3.8) is 0 Å². The average Bonchev–Trinajstić information content (AvgIpc) is 2.76. The van der Waals surface area contributed by atoms with Crippen LogP contribution in [0.4, 0.5) is 0 Å². The summed E-state index contributed by atoms with van der Waals surface area (Å²) in [5.41, 5.74) is 11.2. The van der Waals surface area contributed by atoms with Crippen LogP contribution < -0.4 is 5.73 Å². The normalized spacial score (nSPS) is 30.7. The molecule has 0 aliphatic heterocycles. The Labute approximate surface area is 111 Å². The summed E-state index contributed by atoms with van der Waals surface area (Å²) in [6, 6.07) is 7.17. The van der Waals surface area contributed by atoms with E-state index < -0.39 is 0 Å². The summed E-state index contributed by atoms with van der Waals surface area (Å²) in [6.07, 6.45) is 9.30. The van der Waals surface area contributed by atoms with Gasteiger partial charge in [-0.1, -0.05) is 25.1 Å². The van der Waals surface area contributed by atoms with Crippen LogP contribution in [-0.4, -0.2) is 6.54 Å². The molecule has 0 bridgehead atoms. The predicted octanol–water partition coefficient (Wildman–Crippen LogP) is 3.48. The molecule has 1 spiro atoms. The van der Waals surface area contributed by atoms with Gasteiger partial charge in [0.15, 0.2) is 0 Å². The minimum atomic E-state index is 0.598. The van der Waals surface area contributed by atoms with Crippen molar-refractivity contribution < 1.29 is 0 Å². The molecule has 0 unspecified atom stereocenters. The van der Waals surface area contributed by atoms with Crippen LogP contribution in [0.25, 0.3) is 0 Å². The van der Waals surface area contributed by atoms with E-state index in [1.165, 1.54) is 44.1 Å². The van der Waals surface area contributed by atoms with Crippen LogP contribution in [0.2, 0.25) is 0 Å². The van der Waals surface area contributed by atoms with E-state index in [4.69, 9.17) is 5.73 Å². The van der Waals surface area contributed by atoms with E-state index in [-0.39, 0.29) is 0 Å². The first-order valence-electron chi connectivity index (χ1n) is 7.55. The maximum Gasteiger partial charge on any atom is -0.00489 e. The van der Waals surface area contributed by atoms with Gasteiger partial charge in [0.05, 0.1) is 0 Å². The molecule has 1 nitrogen and oxygen atoms in total. The van der Waals surface area contributed by atoms with Crippen molar-refractivity contribution in [3.05, 3.63) is 34.9 Å². The number of rotatable bonds is 2. The summed E-state index contributed by atoms with van der Waals surface area (Å²) in [4.78, 5) is 0. The molecule has 3 rings (SSSR count). The summed E-state index contributed by atoms with van der Waals surface area (Å²) in [7, 11) is 0. The fraction of sp³-hybridized carbons (Fsp3) is 0.647. The Bertz CT molecular complexity index is 427. The molecule has 98 valence electrons.